The standard InChI is InChI=1S/C25H30N2O5/c1-30-21-10-5-18(6-11-21)25(29)32-22-8-2-17(3-9-22)4-13-24(28)31-15-14-19-16-20(26)7-12-23(19)27/h2-4,7-9,12-13,16,18,21H,5-6,10-11,14-15,26-27H2,1H3/b13-4+. The first kappa shape index (κ1) is 23.3. The molecule has 7 heteroatoms. The molecule has 32 heavy (non-hydrogen) atoms. The van der Waals surface area contributed by atoms with Gasteiger partial charge in [-0.25, -0.2) is 4.79 Å². The Labute approximate surface area is 188 Å². The van der Waals surface area contributed by atoms with Gasteiger partial charge < -0.3 is 25.7 Å². The van der Waals surface area contributed by atoms with Gasteiger partial charge in [0.2, 0.25) is 0 Å². The Morgan fingerprint density at radius 2 is 1.75 bits per heavy atom. The van der Waals surface area contributed by atoms with Crippen LogP contribution in [-0.2, 0) is 25.5 Å². The summed E-state index contributed by atoms with van der Waals surface area (Å²) in [5, 5.41) is 0. The molecule has 0 radical (unpaired) electrons. The van der Waals surface area contributed by atoms with Crippen LogP contribution in [0.4, 0.5) is 11.4 Å². The second-order valence-electron chi connectivity index (χ2n) is 7.91. The zero-order valence-electron chi connectivity index (χ0n) is 18.3. The highest BCUT2D eigenvalue weighted by atomic mass is 16.5. The Morgan fingerprint density at radius 1 is 1.03 bits per heavy atom. The van der Waals surface area contributed by atoms with E-state index < -0.39 is 5.97 Å². The van der Waals surface area contributed by atoms with Crippen molar-refractivity contribution in [3.63, 3.8) is 0 Å². The minimum atomic E-state index is -0.449. The Bertz CT molecular complexity index is 947. The molecule has 2 aromatic rings. The number of carbonyl (C=O) groups is 2. The molecule has 0 aliphatic heterocycles. The third kappa shape index (κ3) is 6.85. The second kappa shape index (κ2) is 11.3. The van der Waals surface area contributed by atoms with Crippen molar-refractivity contribution in [2.24, 2.45) is 5.92 Å². The van der Waals surface area contributed by atoms with Crippen molar-refractivity contribution >= 4 is 29.4 Å². The smallest absolute Gasteiger partial charge is 0.330 e. The summed E-state index contributed by atoms with van der Waals surface area (Å²) in [6.45, 7) is 0.206. The predicted octanol–water partition coefficient (Wildman–Crippen LogP) is 3.76. The second-order valence-corrected chi connectivity index (χ2v) is 7.91. The molecule has 1 fully saturated rings. The summed E-state index contributed by atoms with van der Waals surface area (Å²) in [6, 6.07) is 12.2. The van der Waals surface area contributed by atoms with Crippen LogP contribution in [0, 0.1) is 5.92 Å². The van der Waals surface area contributed by atoms with E-state index in [0.29, 0.717) is 23.5 Å². The van der Waals surface area contributed by atoms with Gasteiger partial charge in [-0.2, -0.15) is 0 Å². The van der Waals surface area contributed by atoms with E-state index in [2.05, 4.69) is 0 Å². The lowest BCUT2D eigenvalue weighted by atomic mass is 9.87. The SMILES string of the molecule is COC1CCC(C(=O)Oc2ccc(/C=C/C(=O)OCCc3cc(N)ccc3N)cc2)CC1. The van der Waals surface area contributed by atoms with Crippen LogP contribution in [0.25, 0.3) is 6.08 Å². The van der Waals surface area contributed by atoms with Crippen LogP contribution in [0.3, 0.4) is 0 Å². The Balaban J connectivity index is 1.43. The largest absolute Gasteiger partial charge is 0.462 e. The number of anilines is 2. The molecular formula is C25H30N2O5. The molecule has 4 N–H and O–H groups in total. The van der Waals surface area contributed by atoms with Gasteiger partial charge in [0, 0.05) is 31.0 Å². The maximum absolute atomic E-state index is 12.4. The molecule has 1 aliphatic carbocycles. The zero-order valence-corrected chi connectivity index (χ0v) is 18.3. The molecule has 0 atom stereocenters. The first-order chi connectivity index (χ1) is 15.4. The van der Waals surface area contributed by atoms with Crippen LogP contribution in [0.2, 0.25) is 0 Å². The fourth-order valence-electron chi connectivity index (χ4n) is 3.70. The van der Waals surface area contributed by atoms with Crippen LogP contribution >= 0.6 is 0 Å². The summed E-state index contributed by atoms with van der Waals surface area (Å²) in [6.07, 6.45) is 7.06. The monoisotopic (exact) mass is 438 g/mol. The molecule has 3 rings (SSSR count). The van der Waals surface area contributed by atoms with Crippen molar-refractivity contribution in [3.05, 3.63) is 59.7 Å². The maximum Gasteiger partial charge on any atom is 0.330 e. The molecule has 0 amide bonds. The number of hydrogen-bond donors (Lipinski definition) is 2. The van der Waals surface area contributed by atoms with E-state index in [9.17, 15) is 9.59 Å². The van der Waals surface area contributed by atoms with Gasteiger partial charge in [-0.1, -0.05) is 12.1 Å². The zero-order chi connectivity index (χ0) is 22.9. The van der Waals surface area contributed by atoms with E-state index in [1.54, 1.807) is 55.7 Å². The van der Waals surface area contributed by atoms with E-state index in [0.717, 1.165) is 36.8 Å². The lowest BCUT2D eigenvalue weighted by Gasteiger charge is -2.26. The molecule has 0 saturated heterocycles. The number of ether oxygens (including phenoxy) is 3. The number of methoxy groups -OCH3 is 1. The van der Waals surface area contributed by atoms with Crippen LogP contribution in [0.1, 0.15) is 36.8 Å². The normalized spacial score (nSPS) is 18.4. The van der Waals surface area contributed by atoms with Crippen molar-refractivity contribution in [1.29, 1.82) is 0 Å². The minimum absolute atomic E-state index is 0.0848. The van der Waals surface area contributed by atoms with Crippen LogP contribution in [0.5, 0.6) is 5.75 Å². The Kier molecular flexibility index (Phi) is 8.27. The molecule has 0 heterocycles. The third-order valence-corrected chi connectivity index (χ3v) is 5.63. The summed E-state index contributed by atoms with van der Waals surface area (Å²) in [5.41, 5.74) is 14.5. The summed E-state index contributed by atoms with van der Waals surface area (Å²) in [7, 11) is 1.70. The van der Waals surface area contributed by atoms with Gasteiger partial charge in [-0.05, 0) is 73.2 Å². The van der Waals surface area contributed by atoms with Crippen molar-refractivity contribution in [3.8, 4) is 5.75 Å². The molecule has 1 aliphatic rings. The quantitative estimate of drug-likeness (QED) is 0.279. The predicted molar refractivity (Wildman–Crippen MR) is 124 cm³/mol. The lowest BCUT2D eigenvalue weighted by molar-refractivity contribution is -0.141. The van der Waals surface area contributed by atoms with Crippen molar-refractivity contribution < 1.29 is 23.8 Å². The van der Waals surface area contributed by atoms with E-state index in [4.69, 9.17) is 25.7 Å². The first-order valence-electron chi connectivity index (χ1n) is 10.8. The molecule has 0 aromatic heterocycles. The fourth-order valence-corrected chi connectivity index (χ4v) is 3.70. The highest BCUT2D eigenvalue weighted by Gasteiger charge is 2.27. The number of carbonyl (C=O) groups excluding carboxylic acids is 2. The maximum atomic E-state index is 12.4. The molecule has 7 nitrogen and oxygen atoms in total. The summed E-state index contributed by atoms with van der Waals surface area (Å²) >= 11 is 0. The van der Waals surface area contributed by atoms with E-state index in [1.165, 1.54) is 6.08 Å². The van der Waals surface area contributed by atoms with Gasteiger partial charge in [0.05, 0.1) is 18.6 Å². The van der Waals surface area contributed by atoms with Gasteiger partial charge in [-0.3, -0.25) is 4.79 Å². The summed E-state index contributed by atoms with van der Waals surface area (Å²) < 4.78 is 16.1. The highest BCUT2D eigenvalue weighted by Crippen LogP contribution is 2.27. The molecular weight excluding hydrogens is 408 g/mol. The van der Waals surface area contributed by atoms with Crippen molar-refractivity contribution in [2.45, 2.75) is 38.2 Å². The molecule has 0 bridgehead atoms. The van der Waals surface area contributed by atoms with E-state index in [1.807, 2.05) is 0 Å². The number of nitrogens with two attached hydrogens (primary N) is 2. The Hall–Kier alpha value is -3.32. The molecule has 0 spiro atoms. The molecule has 170 valence electrons. The summed E-state index contributed by atoms with van der Waals surface area (Å²) in [4.78, 5) is 24.3. The first-order valence-corrected chi connectivity index (χ1v) is 10.8. The van der Waals surface area contributed by atoms with Crippen LogP contribution in [-0.4, -0.2) is 31.8 Å². The molecule has 1 saturated carbocycles. The summed E-state index contributed by atoms with van der Waals surface area (Å²) in [5.74, 6) is -0.247. The Morgan fingerprint density at radius 3 is 2.44 bits per heavy atom. The highest BCUT2D eigenvalue weighted by molar-refractivity contribution is 5.87. The average molecular weight is 439 g/mol. The number of benzene rings is 2. The number of nitrogen functional groups attached to an aromatic ring is 2. The van der Waals surface area contributed by atoms with Gasteiger partial charge in [-0.15, -0.1) is 0 Å². The number of esters is 2. The average Bonchev–Trinajstić information content (AvgIpc) is 2.81. The van der Waals surface area contributed by atoms with Crippen LogP contribution < -0.4 is 16.2 Å². The van der Waals surface area contributed by atoms with Crippen LogP contribution in [0.15, 0.2) is 48.5 Å². The fraction of sp³-hybridized carbons (Fsp3) is 0.360. The van der Waals surface area contributed by atoms with Crippen molar-refractivity contribution in [2.75, 3.05) is 25.2 Å². The van der Waals surface area contributed by atoms with Crippen molar-refractivity contribution in [1.82, 2.24) is 0 Å². The number of hydrogen-bond acceptors (Lipinski definition) is 7. The van der Waals surface area contributed by atoms with Gasteiger partial charge in [0.15, 0.2) is 0 Å². The molecule has 0 unspecified atom stereocenters. The van der Waals surface area contributed by atoms with Gasteiger partial charge in [0.25, 0.3) is 0 Å². The number of rotatable bonds is 8. The van der Waals surface area contributed by atoms with E-state index in [-0.39, 0.29) is 24.6 Å². The van der Waals surface area contributed by atoms with E-state index >= 15 is 0 Å². The van der Waals surface area contributed by atoms with Gasteiger partial charge in [0.1, 0.15) is 5.75 Å². The topological polar surface area (TPSA) is 114 Å². The third-order valence-electron chi connectivity index (χ3n) is 5.63. The minimum Gasteiger partial charge on any atom is -0.462 e. The lowest BCUT2D eigenvalue weighted by Crippen LogP contribution is -2.28. The molecule has 2 aromatic carbocycles. The van der Waals surface area contributed by atoms with Gasteiger partial charge >= 0.3 is 11.9 Å².